The number of fused-ring (bicyclic) bond motifs is 1. The molecular formula is C13H12O6S. The van der Waals surface area contributed by atoms with Crippen molar-refractivity contribution >= 4 is 33.4 Å². The first-order chi connectivity index (χ1) is 9.51. The summed E-state index contributed by atoms with van der Waals surface area (Å²) in [5.74, 6) is -0.569. The molecule has 106 valence electrons. The van der Waals surface area contributed by atoms with Crippen LogP contribution >= 0.6 is 11.3 Å². The third kappa shape index (κ3) is 3.05. The molecular weight excluding hydrogens is 284 g/mol. The van der Waals surface area contributed by atoms with Crippen LogP contribution in [0.5, 0.6) is 5.75 Å². The average molecular weight is 296 g/mol. The van der Waals surface area contributed by atoms with Gasteiger partial charge >= 0.3 is 10.9 Å². The van der Waals surface area contributed by atoms with Crippen molar-refractivity contribution in [3.8, 4) is 5.75 Å². The van der Waals surface area contributed by atoms with Crippen molar-refractivity contribution < 1.29 is 23.5 Å². The summed E-state index contributed by atoms with van der Waals surface area (Å²) in [4.78, 5) is 33.6. The Hall–Kier alpha value is -2.15. The second-order valence-corrected chi connectivity index (χ2v) is 4.88. The van der Waals surface area contributed by atoms with Gasteiger partial charge in [-0.3, -0.25) is 4.79 Å². The number of hydrogen-bond donors (Lipinski definition) is 0. The van der Waals surface area contributed by atoms with E-state index in [1.54, 1.807) is 6.92 Å². The lowest BCUT2D eigenvalue weighted by atomic mass is 10.1. The summed E-state index contributed by atoms with van der Waals surface area (Å²) in [5.41, 5.74) is 0.614. The molecule has 0 aliphatic carbocycles. The van der Waals surface area contributed by atoms with E-state index in [0.717, 1.165) is 11.3 Å². The van der Waals surface area contributed by atoms with Crippen LogP contribution in [0.3, 0.4) is 0 Å². The quantitative estimate of drug-likeness (QED) is 0.620. The van der Waals surface area contributed by atoms with Gasteiger partial charge < -0.3 is 13.9 Å². The van der Waals surface area contributed by atoms with Gasteiger partial charge in [-0.1, -0.05) is 11.3 Å². The van der Waals surface area contributed by atoms with Crippen LogP contribution < -0.4 is 9.68 Å². The lowest BCUT2D eigenvalue weighted by Gasteiger charge is -2.09. The zero-order valence-corrected chi connectivity index (χ0v) is 11.7. The van der Waals surface area contributed by atoms with Crippen LogP contribution in [0.2, 0.25) is 0 Å². The van der Waals surface area contributed by atoms with Crippen molar-refractivity contribution in [1.82, 2.24) is 0 Å². The Kier molecular flexibility index (Phi) is 4.19. The van der Waals surface area contributed by atoms with E-state index in [-0.39, 0.29) is 24.7 Å². The topological polar surface area (TPSA) is 82.8 Å². The van der Waals surface area contributed by atoms with Gasteiger partial charge in [0.15, 0.2) is 18.0 Å². The Labute approximate surface area is 117 Å². The number of benzene rings is 1. The van der Waals surface area contributed by atoms with Gasteiger partial charge in [-0.25, -0.2) is 9.59 Å². The molecule has 1 aromatic carbocycles. The predicted molar refractivity (Wildman–Crippen MR) is 72.5 cm³/mol. The van der Waals surface area contributed by atoms with Crippen LogP contribution in [0.1, 0.15) is 24.2 Å². The van der Waals surface area contributed by atoms with Crippen LogP contribution in [-0.2, 0) is 9.53 Å². The number of hydrogen-bond acceptors (Lipinski definition) is 7. The monoisotopic (exact) mass is 296 g/mol. The molecule has 1 aromatic heterocycles. The number of carbonyl (C=O) groups excluding carboxylic acids is 2. The molecule has 0 spiro atoms. The molecule has 0 N–H and O–H groups in total. The molecule has 0 saturated carbocycles. The molecule has 0 fully saturated rings. The number of esters is 1. The Balaban J connectivity index is 2.34. The standard InChI is InChI=1S/C13H12O6S/c1-3-17-12(15)6-18-9-5-10-11(20-13(16)19-10)4-8(9)7(2)14/h4-5H,3,6H2,1-2H3. The van der Waals surface area contributed by atoms with Crippen LogP contribution in [-0.4, -0.2) is 25.0 Å². The van der Waals surface area contributed by atoms with Crippen molar-refractivity contribution in [2.75, 3.05) is 13.2 Å². The van der Waals surface area contributed by atoms with Crippen LogP contribution in [0.25, 0.3) is 10.3 Å². The lowest BCUT2D eigenvalue weighted by molar-refractivity contribution is -0.145. The highest BCUT2D eigenvalue weighted by atomic mass is 32.1. The van der Waals surface area contributed by atoms with E-state index in [0.29, 0.717) is 15.8 Å². The molecule has 0 radical (unpaired) electrons. The molecule has 0 bridgehead atoms. The number of carbonyl (C=O) groups is 2. The fourth-order valence-corrected chi connectivity index (χ4v) is 2.32. The van der Waals surface area contributed by atoms with E-state index < -0.39 is 10.9 Å². The highest BCUT2D eigenvalue weighted by Crippen LogP contribution is 2.28. The zero-order chi connectivity index (χ0) is 14.7. The van der Waals surface area contributed by atoms with E-state index in [4.69, 9.17) is 13.9 Å². The summed E-state index contributed by atoms with van der Waals surface area (Å²) < 4.78 is 15.5. The molecule has 0 aliphatic heterocycles. The van der Waals surface area contributed by atoms with E-state index in [1.807, 2.05) is 0 Å². The third-order valence-electron chi connectivity index (χ3n) is 2.46. The van der Waals surface area contributed by atoms with E-state index in [2.05, 4.69) is 0 Å². The molecule has 6 nitrogen and oxygen atoms in total. The van der Waals surface area contributed by atoms with Gasteiger partial charge in [0, 0.05) is 6.07 Å². The van der Waals surface area contributed by atoms with Gasteiger partial charge in [0.25, 0.3) is 0 Å². The molecule has 2 rings (SSSR count). The minimum absolute atomic E-state index is 0.194. The van der Waals surface area contributed by atoms with Crippen LogP contribution in [0, 0.1) is 0 Å². The summed E-state index contributed by atoms with van der Waals surface area (Å²) >= 11 is 0.903. The van der Waals surface area contributed by atoms with E-state index >= 15 is 0 Å². The Morgan fingerprint density at radius 1 is 1.35 bits per heavy atom. The molecule has 7 heteroatoms. The number of Topliss-reactive ketones (excluding diaryl/α,β-unsaturated/α-hetero) is 1. The van der Waals surface area contributed by atoms with Gasteiger partial charge in [0.1, 0.15) is 5.75 Å². The van der Waals surface area contributed by atoms with E-state index in [9.17, 15) is 14.4 Å². The molecule has 0 amide bonds. The molecule has 1 heterocycles. The van der Waals surface area contributed by atoms with Crippen LogP contribution in [0.15, 0.2) is 21.3 Å². The van der Waals surface area contributed by atoms with Gasteiger partial charge in [-0.2, -0.15) is 0 Å². The van der Waals surface area contributed by atoms with Gasteiger partial charge in [0.05, 0.1) is 16.9 Å². The lowest BCUT2D eigenvalue weighted by Crippen LogP contribution is -2.15. The average Bonchev–Trinajstić information content (AvgIpc) is 2.74. The van der Waals surface area contributed by atoms with Gasteiger partial charge in [0.2, 0.25) is 0 Å². The van der Waals surface area contributed by atoms with Crippen molar-refractivity contribution in [3.63, 3.8) is 0 Å². The second-order valence-electron chi connectivity index (χ2n) is 3.90. The maximum absolute atomic E-state index is 11.6. The molecule has 0 atom stereocenters. The molecule has 2 aromatic rings. The highest BCUT2D eigenvalue weighted by molar-refractivity contribution is 7.16. The zero-order valence-electron chi connectivity index (χ0n) is 10.9. The fourth-order valence-electron chi connectivity index (χ4n) is 1.64. The summed E-state index contributed by atoms with van der Waals surface area (Å²) in [6.07, 6.45) is 0. The molecule has 0 saturated heterocycles. The van der Waals surface area contributed by atoms with Crippen molar-refractivity contribution in [3.05, 3.63) is 27.4 Å². The third-order valence-corrected chi connectivity index (χ3v) is 3.25. The Morgan fingerprint density at radius 3 is 2.75 bits per heavy atom. The minimum atomic E-state index is -0.533. The smallest absolute Gasteiger partial charge is 0.396 e. The van der Waals surface area contributed by atoms with Crippen molar-refractivity contribution in [2.45, 2.75) is 13.8 Å². The Bertz CT molecular complexity index is 711. The summed E-state index contributed by atoms with van der Waals surface area (Å²) in [6.45, 7) is 3.00. The number of ether oxygens (including phenoxy) is 2. The minimum Gasteiger partial charge on any atom is -0.481 e. The fraction of sp³-hybridized carbons (Fsp3) is 0.308. The first-order valence-electron chi connectivity index (χ1n) is 5.88. The molecule has 0 unspecified atom stereocenters. The molecule has 0 aliphatic rings. The summed E-state index contributed by atoms with van der Waals surface area (Å²) in [5, 5.41) is 0. The van der Waals surface area contributed by atoms with Gasteiger partial charge in [-0.15, -0.1) is 0 Å². The maximum Gasteiger partial charge on any atom is 0.396 e. The first-order valence-corrected chi connectivity index (χ1v) is 6.70. The van der Waals surface area contributed by atoms with Crippen molar-refractivity contribution in [1.29, 1.82) is 0 Å². The second kappa shape index (κ2) is 5.87. The first kappa shape index (κ1) is 14.3. The summed E-state index contributed by atoms with van der Waals surface area (Å²) in [6, 6.07) is 2.96. The van der Waals surface area contributed by atoms with Gasteiger partial charge in [-0.05, 0) is 19.9 Å². The predicted octanol–water partition coefficient (Wildman–Crippen LogP) is 2.00. The normalized spacial score (nSPS) is 10.5. The maximum atomic E-state index is 11.6. The van der Waals surface area contributed by atoms with Crippen molar-refractivity contribution in [2.24, 2.45) is 0 Å². The van der Waals surface area contributed by atoms with E-state index in [1.165, 1.54) is 19.1 Å². The SMILES string of the molecule is CCOC(=O)COc1cc2oc(=O)sc2cc1C(C)=O. The highest BCUT2D eigenvalue weighted by Gasteiger charge is 2.15. The van der Waals surface area contributed by atoms with Crippen LogP contribution in [0.4, 0.5) is 0 Å². The number of rotatable bonds is 5. The largest absolute Gasteiger partial charge is 0.481 e. The number of ketones is 1. The summed E-state index contributed by atoms with van der Waals surface area (Å²) in [7, 11) is 0. The molecule has 20 heavy (non-hydrogen) atoms. The Morgan fingerprint density at radius 2 is 2.10 bits per heavy atom.